The van der Waals surface area contributed by atoms with Crippen molar-refractivity contribution < 1.29 is 4.79 Å². The molecule has 1 saturated heterocycles. The van der Waals surface area contributed by atoms with Crippen molar-refractivity contribution in [3.63, 3.8) is 0 Å². The van der Waals surface area contributed by atoms with Gasteiger partial charge in [-0.1, -0.05) is 45.0 Å². The minimum absolute atomic E-state index is 0.0637. The van der Waals surface area contributed by atoms with E-state index in [2.05, 4.69) is 66.3 Å². The minimum Gasteiger partial charge on any atom is -0.345 e. The SMILES string of the molecule is CN1C(=N)N[C@](C)(c2ccc(Br)s2)[C@@H](c2ccc(C(C)(C)C)cc2)C1=O. The van der Waals surface area contributed by atoms with Crippen LogP contribution in [0.5, 0.6) is 0 Å². The van der Waals surface area contributed by atoms with Crippen LogP contribution in [0, 0.1) is 5.41 Å². The number of guanidine groups is 1. The van der Waals surface area contributed by atoms with E-state index in [1.807, 2.05) is 19.1 Å². The van der Waals surface area contributed by atoms with Gasteiger partial charge in [-0.2, -0.15) is 0 Å². The van der Waals surface area contributed by atoms with Crippen LogP contribution < -0.4 is 5.32 Å². The van der Waals surface area contributed by atoms with Gasteiger partial charge in [0.2, 0.25) is 5.91 Å². The molecule has 3 rings (SSSR count). The number of rotatable bonds is 2. The van der Waals surface area contributed by atoms with Crippen molar-refractivity contribution in [2.75, 3.05) is 7.05 Å². The standard InChI is InChI=1S/C20H24BrN3OS/c1-19(2,3)13-8-6-12(7-9-13)16-17(25)24(5)18(22)23-20(16,4)14-10-11-15(21)26-14/h6-11,16H,1-5H3,(H2,22,23)/t16-,20+/m0/s1. The molecule has 2 aromatic rings. The molecule has 1 aromatic heterocycles. The van der Waals surface area contributed by atoms with Crippen molar-refractivity contribution in [1.82, 2.24) is 10.2 Å². The number of carbonyl (C=O) groups is 1. The second-order valence-electron chi connectivity index (χ2n) is 7.98. The van der Waals surface area contributed by atoms with Crippen LogP contribution in [0.15, 0.2) is 40.2 Å². The van der Waals surface area contributed by atoms with Crippen LogP contribution in [0.1, 0.15) is 49.6 Å². The number of carbonyl (C=O) groups excluding carboxylic acids is 1. The predicted molar refractivity (Wildman–Crippen MR) is 111 cm³/mol. The summed E-state index contributed by atoms with van der Waals surface area (Å²) in [6, 6.07) is 12.3. The van der Waals surface area contributed by atoms with Gasteiger partial charge < -0.3 is 5.32 Å². The average Bonchev–Trinajstić information content (AvgIpc) is 3.00. The Morgan fingerprint density at radius 1 is 1.19 bits per heavy atom. The molecule has 0 unspecified atom stereocenters. The van der Waals surface area contributed by atoms with Crippen LogP contribution in [-0.2, 0) is 15.7 Å². The average molecular weight is 434 g/mol. The molecule has 0 saturated carbocycles. The maximum Gasteiger partial charge on any atom is 0.239 e. The van der Waals surface area contributed by atoms with Crippen LogP contribution >= 0.6 is 27.3 Å². The summed E-state index contributed by atoms with van der Waals surface area (Å²) in [5.41, 5.74) is 1.59. The van der Waals surface area contributed by atoms with E-state index in [-0.39, 0.29) is 17.3 Å². The lowest BCUT2D eigenvalue weighted by Gasteiger charge is -2.45. The fourth-order valence-electron chi connectivity index (χ4n) is 3.40. The van der Waals surface area contributed by atoms with E-state index in [4.69, 9.17) is 5.41 Å². The molecule has 138 valence electrons. The number of halogens is 1. The second kappa shape index (κ2) is 6.50. The maximum atomic E-state index is 13.2. The van der Waals surface area contributed by atoms with Crippen LogP contribution in [0.25, 0.3) is 0 Å². The molecule has 1 fully saturated rings. The van der Waals surface area contributed by atoms with Crippen molar-refractivity contribution >= 4 is 39.1 Å². The molecular weight excluding hydrogens is 410 g/mol. The third-order valence-corrected chi connectivity index (χ3v) is 6.92. The topological polar surface area (TPSA) is 56.2 Å². The summed E-state index contributed by atoms with van der Waals surface area (Å²) < 4.78 is 1.01. The molecule has 1 aromatic carbocycles. The summed E-state index contributed by atoms with van der Waals surface area (Å²) in [4.78, 5) is 15.6. The number of benzene rings is 1. The van der Waals surface area contributed by atoms with E-state index in [1.54, 1.807) is 18.4 Å². The lowest BCUT2D eigenvalue weighted by atomic mass is 9.76. The van der Waals surface area contributed by atoms with Gasteiger partial charge in [0.15, 0.2) is 5.96 Å². The van der Waals surface area contributed by atoms with Crippen molar-refractivity contribution in [3.05, 3.63) is 56.2 Å². The fourth-order valence-corrected chi connectivity index (χ4v) is 4.92. The molecule has 0 spiro atoms. The highest BCUT2D eigenvalue weighted by atomic mass is 79.9. The van der Waals surface area contributed by atoms with E-state index in [0.29, 0.717) is 0 Å². The quantitative estimate of drug-likeness (QED) is 0.713. The number of nitrogens with one attached hydrogen (secondary N) is 2. The Bertz CT molecular complexity index is 853. The van der Waals surface area contributed by atoms with Gasteiger partial charge >= 0.3 is 0 Å². The van der Waals surface area contributed by atoms with Crippen LogP contribution in [0.2, 0.25) is 0 Å². The Labute approximate surface area is 167 Å². The molecule has 0 radical (unpaired) electrons. The van der Waals surface area contributed by atoms with Crippen molar-refractivity contribution in [2.45, 2.75) is 44.6 Å². The largest absolute Gasteiger partial charge is 0.345 e. The van der Waals surface area contributed by atoms with Crippen molar-refractivity contribution in [2.24, 2.45) is 0 Å². The number of nitrogens with zero attached hydrogens (tertiary/aromatic N) is 1. The molecule has 4 nitrogen and oxygen atoms in total. The molecule has 2 N–H and O–H groups in total. The Kier molecular flexibility index (Phi) is 4.78. The summed E-state index contributed by atoms with van der Waals surface area (Å²) in [6.45, 7) is 8.54. The third kappa shape index (κ3) is 3.21. The van der Waals surface area contributed by atoms with Gasteiger partial charge in [-0.25, -0.2) is 0 Å². The summed E-state index contributed by atoms with van der Waals surface area (Å²) in [5, 5.41) is 11.5. The Morgan fingerprint density at radius 3 is 2.31 bits per heavy atom. The van der Waals surface area contributed by atoms with E-state index in [9.17, 15) is 4.79 Å². The minimum atomic E-state index is -0.666. The van der Waals surface area contributed by atoms with Gasteiger partial charge in [-0.05, 0) is 51.5 Å². The fraction of sp³-hybridized carbons (Fsp3) is 0.400. The van der Waals surface area contributed by atoms with Gasteiger partial charge in [-0.15, -0.1) is 11.3 Å². The third-order valence-electron chi connectivity index (χ3n) is 5.06. The highest BCUT2D eigenvalue weighted by Gasteiger charge is 2.49. The molecule has 1 aliphatic rings. The molecule has 0 aliphatic carbocycles. The number of thiophene rings is 1. The second-order valence-corrected chi connectivity index (χ2v) is 10.4. The van der Waals surface area contributed by atoms with Gasteiger partial charge in [0, 0.05) is 11.9 Å². The lowest BCUT2D eigenvalue weighted by Crippen LogP contribution is -2.62. The highest BCUT2D eigenvalue weighted by Crippen LogP contribution is 2.44. The van der Waals surface area contributed by atoms with E-state index >= 15 is 0 Å². The van der Waals surface area contributed by atoms with Crippen LogP contribution in [0.3, 0.4) is 0 Å². The normalized spacial score (nSPS) is 23.9. The lowest BCUT2D eigenvalue weighted by molar-refractivity contribution is -0.131. The Morgan fingerprint density at radius 2 is 1.81 bits per heavy atom. The van der Waals surface area contributed by atoms with Crippen molar-refractivity contribution in [1.29, 1.82) is 5.41 Å². The van der Waals surface area contributed by atoms with Gasteiger partial charge in [-0.3, -0.25) is 15.1 Å². The molecule has 0 bridgehead atoms. The maximum absolute atomic E-state index is 13.2. The summed E-state index contributed by atoms with van der Waals surface area (Å²) in [7, 11) is 1.65. The van der Waals surface area contributed by atoms with Crippen LogP contribution in [0.4, 0.5) is 0 Å². The van der Waals surface area contributed by atoms with Gasteiger partial charge in [0.25, 0.3) is 0 Å². The molecule has 2 heterocycles. The number of hydrogen-bond donors (Lipinski definition) is 2. The van der Waals surface area contributed by atoms with Crippen molar-refractivity contribution in [3.8, 4) is 0 Å². The van der Waals surface area contributed by atoms with Gasteiger partial charge in [0.05, 0.1) is 15.2 Å². The summed E-state index contributed by atoms with van der Waals surface area (Å²) in [6.07, 6.45) is 0. The van der Waals surface area contributed by atoms with Gasteiger partial charge in [0.1, 0.15) is 0 Å². The number of hydrogen-bond acceptors (Lipinski definition) is 3. The first-order chi connectivity index (χ1) is 12.0. The number of amides is 1. The molecule has 2 atom stereocenters. The molecule has 26 heavy (non-hydrogen) atoms. The predicted octanol–water partition coefficient (Wildman–Crippen LogP) is 4.80. The summed E-state index contributed by atoms with van der Waals surface area (Å²) >= 11 is 5.11. The monoisotopic (exact) mass is 433 g/mol. The zero-order valence-corrected chi connectivity index (χ0v) is 18.1. The highest BCUT2D eigenvalue weighted by molar-refractivity contribution is 9.11. The molecule has 6 heteroatoms. The molecule has 1 aliphatic heterocycles. The van der Waals surface area contributed by atoms with E-state index in [0.717, 1.165) is 14.2 Å². The van der Waals surface area contributed by atoms with E-state index in [1.165, 1.54) is 10.5 Å². The molecule has 1 amide bonds. The Balaban J connectivity index is 2.10. The Hall–Kier alpha value is -1.66. The summed E-state index contributed by atoms with van der Waals surface area (Å²) in [5.74, 6) is -0.338. The zero-order chi connectivity index (χ0) is 19.3. The smallest absolute Gasteiger partial charge is 0.239 e. The molecular formula is C20H24BrN3OS. The first kappa shape index (κ1) is 19.1. The van der Waals surface area contributed by atoms with E-state index < -0.39 is 11.5 Å². The first-order valence-corrected chi connectivity index (χ1v) is 10.2. The number of likely N-dealkylation sites (N-methyl/N-ethyl adjacent to an activating group) is 1. The first-order valence-electron chi connectivity index (χ1n) is 8.54. The zero-order valence-electron chi connectivity index (χ0n) is 15.7. The van der Waals surface area contributed by atoms with Crippen LogP contribution in [-0.4, -0.2) is 23.8 Å².